The highest BCUT2D eigenvalue weighted by Gasteiger charge is 2.07. The van der Waals surface area contributed by atoms with Crippen LogP contribution >= 0.6 is 0 Å². The lowest BCUT2D eigenvalue weighted by Crippen LogP contribution is -2.36. The molecule has 0 radical (unpaired) electrons. The summed E-state index contributed by atoms with van der Waals surface area (Å²) in [4.78, 5) is 11.7. The number of hydrogen-bond acceptors (Lipinski definition) is 3. The van der Waals surface area contributed by atoms with E-state index in [9.17, 15) is 4.79 Å². The van der Waals surface area contributed by atoms with Crippen LogP contribution in [0.5, 0.6) is 5.75 Å². The number of rotatable bonds is 7. The molecule has 0 aliphatic rings. The van der Waals surface area contributed by atoms with Gasteiger partial charge in [-0.15, -0.1) is 0 Å². The Bertz CT molecular complexity index is 412. The average molecular weight is 263 g/mol. The predicted octanol–water partition coefficient (Wildman–Crippen LogP) is 2.25. The van der Waals surface area contributed by atoms with Crippen molar-refractivity contribution >= 4 is 12.0 Å². The second kappa shape index (κ2) is 8.32. The van der Waals surface area contributed by atoms with E-state index in [0.717, 1.165) is 17.7 Å². The third-order valence-electron chi connectivity index (χ3n) is 2.75. The molecule has 1 unspecified atom stereocenters. The normalized spacial score (nSPS) is 12.4. The van der Waals surface area contributed by atoms with Crippen molar-refractivity contribution in [1.82, 2.24) is 5.32 Å². The molecular formula is C15H21NO3. The first-order valence-corrected chi connectivity index (χ1v) is 6.31. The highest BCUT2D eigenvalue weighted by atomic mass is 16.5. The summed E-state index contributed by atoms with van der Waals surface area (Å²) in [6.07, 6.45) is 4.14. The fourth-order valence-corrected chi connectivity index (χ4v) is 1.60. The van der Waals surface area contributed by atoms with E-state index in [4.69, 9.17) is 9.47 Å². The SMILES string of the molecule is CCC(COC)NC(=O)C=Cc1ccc(OC)cc1. The minimum atomic E-state index is -0.111. The number of carbonyl (C=O) groups is 1. The Balaban J connectivity index is 2.52. The van der Waals surface area contributed by atoms with Crippen molar-refractivity contribution in [3.8, 4) is 5.75 Å². The monoisotopic (exact) mass is 263 g/mol. The molecule has 1 amide bonds. The average Bonchev–Trinajstić information content (AvgIpc) is 2.45. The number of ether oxygens (including phenoxy) is 2. The van der Waals surface area contributed by atoms with Gasteiger partial charge < -0.3 is 14.8 Å². The van der Waals surface area contributed by atoms with Gasteiger partial charge in [0.2, 0.25) is 5.91 Å². The Kier molecular flexibility index (Phi) is 6.68. The summed E-state index contributed by atoms with van der Waals surface area (Å²) in [5.74, 6) is 0.687. The number of benzene rings is 1. The van der Waals surface area contributed by atoms with Gasteiger partial charge in [-0.1, -0.05) is 19.1 Å². The second-order valence-electron chi connectivity index (χ2n) is 4.18. The maximum Gasteiger partial charge on any atom is 0.244 e. The van der Waals surface area contributed by atoms with E-state index in [-0.39, 0.29) is 11.9 Å². The lowest BCUT2D eigenvalue weighted by atomic mass is 10.2. The molecule has 0 spiro atoms. The molecule has 1 atom stereocenters. The summed E-state index contributed by atoms with van der Waals surface area (Å²) in [5.41, 5.74) is 0.954. The van der Waals surface area contributed by atoms with Gasteiger partial charge in [0, 0.05) is 13.2 Å². The summed E-state index contributed by atoms with van der Waals surface area (Å²) in [7, 11) is 3.25. The van der Waals surface area contributed by atoms with Gasteiger partial charge in [-0.25, -0.2) is 0 Å². The molecule has 0 aliphatic carbocycles. The van der Waals surface area contributed by atoms with Gasteiger partial charge in [-0.3, -0.25) is 4.79 Å². The summed E-state index contributed by atoms with van der Waals surface area (Å²) < 4.78 is 10.1. The Morgan fingerprint density at radius 3 is 2.53 bits per heavy atom. The summed E-state index contributed by atoms with van der Waals surface area (Å²) >= 11 is 0. The van der Waals surface area contributed by atoms with E-state index >= 15 is 0 Å². The van der Waals surface area contributed by atoms with Crippen LogP contribution in [0.3, 0.4) is 0 Å². The summed E-state index contributed by atoms with van der Waals surface area (Å²) in [6, 6.07) is 7.57. The molecule has 19 heavy (non-hydrogen) atoms. The molecule has 0 aromatic heterocycles. The van der Waals surface area contributed by atoms with Crippen LogP contribution in [0.15, 0.2) is 30.3 Å². The zero-order chi connectivity index (χ0) is 14.1. The van der Waals surface area contributed by atoms with E-state index in [1.54, 1.807) is 20.3 Å². The molecule has 0 heterocycles. The number of hydrogen-bond donors (Lipinski definition) is 1. The molecule has 0 bridgehead atoms. The maximum atomic E-state index is 11.7. The van der Waals surface area contributed by atoms with Crippen LogP contribution in [-0.4, -0.2) is 32.8 Å². The van der Waals surface area contributed by atoms with Crippen molar-refractivity contribution in [2.75, 3.05) is 20.8 Å². The van der Waals surface area contributed by atoms with E-state index in [2.05, 4.69) is 5.32 Å². The lowest BCUT2D eigenvalue weighted by molar-refractivity contribution is -0.117. The fourth-order valence-electron chi connectivity index (χ4n) is 1.60. The first-order chi connectivity index (χ1) is 9.19. The Labute approximate surface area is 114 Å². The molecule has 4 heteroatoms. The van der Waals surface area contributed by atoms with Gasteiger partial charge in [-0.05, 0) is 30.2 Å². The van der Waals surface area contributed by atoms with Crippen LogP contribution in [0, 0.1) is 0 Å². The van der Waals surface area contributed by atoms with Gasteiger partial charge in [0.25, 0.3) is 0 Å². The first-order valence-electron chi connectivity index (χ1n) is 6.31. The molecule has 0 saturated carbocycles. The number of nitrogens with one attached hydrogen (secondary N) is 1. The zero-order valence-corrected chi connectivity index (χ0v) is 11.7. The van der Waals surface area contributed by atoms with E-state index in [0.29, 0.717) is 6.61 Å². The quantitative estimate of drug-likeness (QED) is 0.768. The molecule has 0 saturated heterocycles. The van der Waals surface area contributed by atoms with Gasteiger partial charge >= 0.3 is 0 Å². The largest absolute Gasteiger partial charge is 0.497 e. The Morgan fingerprint density at radius 2 is 2.00 bits per heavy atom. The molecule has 104 valence electrons. The highest BCUT2D eigenvalue weighted by molar-refractivity contribution is 5.91. The van der Waals surface area contributed by atoms with Crippen molar-refractivity contribution < 1.29 is 14.3 Å². The summed E-state index contributed by atoms with van der Waals surface area (Å²) in [6.45, 7) is 2.54. The molecule has 1 aromatic rings. The van der Waals surface area contributed by atoms with Crippen LogP contribution in [0.1, 0.15) is 18.9 Å². The zero-order valence-electron chi connectivity index (χ0n) is 11.7. The molecule has 1 aromatic carbocycles. The third kappa shape index (κ3) is 5.57. The smallest absolute Gasteiger partial charge is 0.244 e. The van der Waals surface area contributed by atoms with Crippen molar-refractivity contribution in [2.24, 2.45) is 0 Å². The van der Waals surface area contributed by atoms with E-state index in [1.165, 1.54) is 6.08 Å². The van der Waals surface area contributed by atoms with Crippen molar-refractivity contribution in [1.29, 1.82) is 0 Å². The van der Waals surface area contributed by atoms with Crippen molar-refractivity contribution in [2.45, 2.75) is 19.4 Å². The van der Waals surface area contributed by atoms with Crippen LogP contribution in [0.2, 0.25) is 0 Å². The standard InChI is InChI=1S/C15H21NO3/c1-4-13(11-18-2)16-15(17)10-7-12-5-8-14(19-3)9-6-12/h5-10,13H,4,11H2,1-3H3,(H,16,17). The van der Waals surface area contributed by atoms with Gasteiger partial charge in [0.1, 0.15) is 5.75 Å². The molecule has 1 rings (SSSR count). The minimum Gasteiger partial charge on any atom is -0.497 e. The predicted molar refractivity (Wildman–Crippen MR) is 76.1 cm³/mol. The van der Waals surface area contributed by atoms with Crippen LogP contribution in [-0.2, 0) is 9.53 Å². The van der Waals surface area contributed by atoms with Gasteiger partial charge in [0.15, 0.2) is 0 Å². The number of amides is 1. The lowest BCUT2D eigenvalue weighted by Gasteiger charge is -2.14. The molecule has 0 aliphatic heterocycles. The van der Waals surface area contributed by atoms with Gasteiger partial charge in [0.05, 0.1) is 19.8 Å². The van der Waals surface area contributed by atoms with E-state index in [1.807, 2.05) is 31.2 Å². The molecule has 0 fully saturated rings. The highest BCUT2D eigenvalue weighted by Crippen LogP contribution is 2.12. The Morgan fingerprint density at radius 1 is 1.32 bits per heavy atom. The van der Waals surface area contributed by atoms with Crippen LogP contribution in [0.4, 0.5) is 0 Å². The number of methoxy groups -OCH3 is 2. The fraction of sp³-hybridized carbons (Fsp3) is 0.400. The summed E-state index contributed by atoms with van der Waals surface area (Å²) in [5, 5.41) is 2.88. The Hall–Kier alpha value is -1.81. The topological polar surface area (TPSA) is 47.6 Å². The van der Waals surface area contributed by atoms with Crippen LogP contribution < -0.4 is 10.1 Å². The second-order valence-corrected chi connectivity index (χ2v) is 4.18. The van der Waals surface area contributed by atoms with Gasteiger partial charge in [-0.2, -0.15) is 0 Å². The van der Waals surface area contributed by atoms with E-state index < -0.39 is 0 Å². The minimum absolute atomic E-state index is 0.0537. The first kappa shape index (κ1) is 15.2. The molecular weight excluding hydrogens is 242 g/mol. The van der Waals surface area contributed by atoms with Crippen molar-refractivity contribution in [3.05, 3.63) is 35.9 Å². The van der Waals surface area contributed by atoms with Crippen LogP contribution in [0.25, 0.3) is 6.08 Å². The maximum absolute atomic E-state index is 11.7. The van der Waals surface area contributed by atoms with Crippen molar-refractivity contribution in [3.63, 3.8) is 0 Å². The third-order valence-corrected chi connectivity index (χ3v) is 2.75. The number of carbonyl (C=O) groups excluding carboxylic acids is 1. The molecule has 4 nitrogen and oxygen atoms in total. The molecule has 1 N–H and O–H groups in total.